The van der Waals surface area contributed by atoms with E-state index >= 15 is 0 Å². The van der Waals surface area contributed by atoms with E-state index in [1.54, 1.807) is 12.3 Å². The number of amides is 1. The molecule has 0 aliphatic carbocycles. The summed E-state index contributed by atoms with van der Waals surface area (Å²) in [5.74, 6) is 0.765. The summed E-state index contributed by atoms with van der Waals surface area (Å²) in [5.41, 5.74) is 1.02. The maximum absolute atomic E-state index is 12.6. The summed E-state index contributed by atoms with van der Waals surface area (Å²) in [6, 6.07) is 8.62. The fourth-order valence-electron chi connectivity index (χ4n) is 2.28. The molecule has 0 spiro atoms. The lowest BCUT2D eigenvalue weighted by Crippen LogP contribution is -2.13. The number of pyridine rings is 1. The lowest BCUT2D eigenvalue weighted by molar-refractivity contribution is 0.102. The molecule has 0 aliphatic heterocycles. The summed E-state index contributed by atoms with van der Waals surface area (Å²) >= 11 is 7.54. The third-order valence-corrected chi connectivity index (χ3v) is 4.72. The van der Waals surface area contributed by atoms with Gasteiger partial charge in [0.05, 0.1) is 18.7 Å². The van der Waals surface area contributed by atoms with E-state index in [2.05, 4.69) is 20.5 Å². The molecule has 2 aromatic heterocycles. The van der Waals surface area contributed by atoms with E-state index in [-0.39, 0.29) is 5.91 Å². The summed E-state index contributed by atoms with van der Waals surface area (Å²) in [6.07, 6.45) is 1.67. The highest BCUT2D eigenvalue weighted by Gasteiger charge is 2.18. The van der Waals surface area contributed by atoms with Crippen LogP contribution in [0.5, 0.6) is 11.5 Å². The quantitative estimate of drug-likeness (QED) is 0.605. The molecule has 2 heterocycles. The summed E-state index contributed by atoms with van der Waals surface area (Å²) in [7, 11) is 1.50. The van der Waals surface area contributed by atoms with E-state index < -0.39 is 0 Å². The lowest BCUT2D eigenvalue weighted by Gasteiger charge is -2.15. The highest BCUT2D eigenvalue weighted by molar-refractivity contribution is 7.18. The number of aromatic nitrogens is 3. The largest absolute Gasteiger partial charge is 0.493 e. The number of rotatable bonds is 7. The van der Waals surface area contributed by atoms with E-state index in [9.17, 15) is 4.79 Å². The van der Waals surface area contributed by atoms with Gasteiger partial charge in [-0.15, -0.1) is 10.2 Å². The fraction of sp³-hybridized carbons (Fsp3) is 0.263. The smallest absolute Gasteiger partial charge is 0.257 e. The average Bonchev–Trinajstić information content (AvgIpc) is 3.15. The van der Waals surface area contributed by atoms with Gasteiger partial charge in [-0.05, 0) is 30.2 Å². The molecule has 1 amide bonds. The molecule has 0 saturated carbocycles. The van der Waals surface area contributed by atoms with Crippen LogP contribution in [0.4, 0.5) is 5.13 Å². The van der Waals surface area contributed by atoms with Crippen molar-refractivity contribution in [1.29, 1.82) is 0 Å². The summed E-state index contributed by atoms with van der Waals surface area (Å²) < 4.78 is 11.0. The number of ether oxygens (including phenoxy) is 2. The van der Waals surface area contributed by atoms with Crippen molar-refractivity contribution in [3.8, 4) is 22.2 Å². The molecule has 0 saturated heterocycles. The van der Waals surface area contributed by atoms with E-state index in [0.29, 0.717) is 50.4 Å². The van der Waals surface area contributed by atoms with Crippen molar-refractivity contribution in [3.05, 3.63) is 47.1 Å². The first-order valence-corrected chi connectivity index (χ1v) is 9.74. The van der Waals surface area contributed by atoms with Crippen LogP contribution in [-0.2, 0) is 0 Å². The average molecular weight is 419 g/mol. The Labute approximate surface area is 171 Å². The number of anilines is 1. The predicted octanol–water partition coefficient (Wildman–Crippen LogP) is 4.55. The number of carbonyl (C=O) groups is 1. The predicted molar refractivity (Wildman–Crippen MR) is 109 cm³/mol. The first-order valence-electron chi connectivity index (χ1n) is 8.54. The Hall–Kier alpha value is -2.71. The number of hydrogen-bond donors (Lipinski definition) is 1. The van der Waals surface area contributed by atoms with E-state index in [0.717, 1.165) is 0 Å². The van der Waals surface area contributed by atoms with Crippen LogP contribution in [0.1, 0.15) is 24.2 Å². The fourth-order valence-corrected chi connectivity index (χ4v) is 3.26. The molecule has 0 radical (unpaired) electrons. The van der Waals surface area contributed by atoms with Crippen molar-refractivity contribution in [2.24, 2.45) is 5.92 Å². The van der Waals surface area contributed by atoms with Gasteiger partial charge < -0.3 is 9.47 Å². The number of methoxy groups -OCH3 is 1. The van der Waals surface area contributed by atoms with Gasteiger partial charge in [-0.1, -0.05) is 42.9 Å². The van der Waals surface area contributed by atoms with E-state index in [1.807, 2.05) is 32.0 Å². The van der Waals surface area contributed by atoms with E-state index in [4.69, 9.17) is 21.1 Å². The first-order chi connectivity index (χ1) is 13.5. The molecule has 0 bridgehead atoms. The number of nitrogens with zero attached hydrogens (tertiary/aromatic N) is 3. The topological polar surface area (TPSA) is 86.2 Å². The molecule has 9 heteroatoms. The molecule has 3 aromatic rings. The molecule has 3 rings (SSSR count). The normalized spacial score (nSPS) is 10.8. The second kappa shape index (κ2) is 8.99. The number of nitrogens with one attached hydrogen (secondary N) is 1. The maximum atomic E-state index is 12.6. The molecule has 0 atom stereocenters. The molecule has 7 nitrogen and oxygen atoms in total. The van der Waals surface area contributed by atoms with Crippen LogP contribution in [0.2, 0.25) is 5.02 Å². The van der Waals surface area contributed by atoms with Gasteiger partial charge in [0.25, 0.3) is 5.91 Å². The maximum Gasteiger partial charge on any atom is 0.257 e. The second-order valence-corrected chi connectivity index (χ2v) is 7.66. The molecule has 28 heavy (non-hydrogen) atoms. The Morgan fingerprint density at radius 2 is 2.11 bits per heavy atom. The Kier molecular flexibility index (Phi) is 6.43. The number of hydrogen-bond acceptors (Lipinski definition) is 7. The summed E-state index contributed by atoms with van der Waals surface area (Å²) in [5, 5.41) is 12.1. The second-order valence-electron chi connectivity index (χ2n) is 6.28. The van der Waals surface area contributed by atoms with Crippen LogP contribution in [0.15, 0.2) is 36.5 Å². The van der Waals surface area contributed by atoms with Crippen molar-refractivity contribution in [2.45, 2.75) is 13.8 Å². The van der Waals surface area contributed by atoms with Crippen molar-refractivity contribution >= 4 is 34.0 Å². The van der Waals surface area contributed by atoms with Crippen molar-refractivity contribution in [2.75, 3.05) is 19.0 Å². The molecular formula is C19H19ClN4O3S. The zero-order valence-electron chi connectivity index (χ0n) is 15.6. The summed E-state index contributed by atoms with van der Waals surface area (Å²) in [6.45, 7) is 4.55. The van der Waals surface area contributed by atoms with Gasteiger partial charge >= 0.3 is 0 Å². The van der Waals surface area contributed by atoms with Crippen LogP contribution in [0.25, 0.3) is 10.7 Å². The lowest BCUT2D eigenvalue weighted by atomic mass is 10.2. The van der Waals surface area contributed by atoms with Gasteiger partial charge in [-0.25, -0.2) is 0 Å². The number of halogens is 1. The monoisotopic (exact) mass is 418 g/mol. The minimum atomic E-state index is -0.376. The van der Waals surface area contributed by atoms with Gasteiger partial charge in [-0.2, -0.15) is 0 Å². The molecule has 1 aromatic carbocycles. The standard InChI is InChI=1S/C19H19ClN4O3S/c1-11(2)10-27-16-13(20)8-12(9-15(16)26-3)17(25)22-19-24-23-18(28-19)14-6-4-5-7-21-14/h4-9,11H,10H2,1-3H3,(H,22,24,25). The van der Waals surface area contributed by atoms with Gasteiger partial charge in [0.1, 0.15) is 5.69 Å². The Morgan fingerprint density at radius 3 is 2.79 bits per heavy atom. The van der Waals surface area contributed by atoms with Crippen molar-refractivity contribution in [3.63, 3.8) is 0 Å². The molecule has 0 unspecified atom stereocenters. The van der Waals surface area contributed by atoms with Crippen LogP contribution >= 0.6 is 22.9 Å². The van der Waals surface area contributed by atoms with E-state index in [1.165, 1.54) is 24.5 Å². The molecular weight excluding hydrogens is 400 g/mol. The zero-order chi connectivity index (χ0) is 20.1. The van der Waals surface area contributed by atoms with Crippen LogP contribution < -0.4 is 14.8 Å². The number of carbonyl (C=O) groups excluding carboxylic acids is 1. The molecule has 0 aliphatic rings. The molecule has 0 fully saturated rings. The number of benzene rings is 1. The highest BCUT2D eigenvalue weighted by atomic mass is 35.5. The van der Waals surface area contributed by atoms with Gasteiger partial charge in [-0.3, -0.25) is 15.1 Å². The Morgan fingerprint density at radius 1 is 1.29 bits per heavy atom. The van der Waals surface area contributed by atoms with Crippen molar-refractivity contribution < 1.29 is 14.3 Å². The highest BCUT2D eigenvalue weighted by Crippen LogP contribution is 2.37. The Bertz CT molecular complexity index is 963. The van der Waals surface area contributed by atoms with Gasteiger partial charge in [0.2, 0.25) is 5.13 Å². The van der Waals surface area contributed by atoms with Gasteiger partial charge in [0, 0.05) is 11.8 Å². The minimum Gasteiger partial charge on any atom is -0.493 e. The third kappa shape index (κ3) is 4.76. The van der Waals surface area contributed by atoms with Crippen LogP contribution in [0, 0.1) is 5.92 Å². The third-order valence-electron chi connectivity index (χ3n) is 3.58. The van der Waals surface area contributed by atoms with Gasteiger partial charge in [0.15, 0.2) is 16.5 Å². The molecule has 1 N–H and O–H groups in total. The minimum absolute atomic E-state index is 0.302. The molecule has 146 valence electrons. The Balaban J connectivity index is 1.77. The zero-order valence-corrected chi connectivity index (χ0v) is 17.2. The van der Waals surface area contributed by atoms with Crippen LogP contribution in [0.3, 0.4) is 0 Å². The first kappa shape index (κ1) is 20.0. The summed E-state index contributed by atoms with van der Waals surface area (Å²) in [4.78, 5) is 16.8. The van der Waals surface area contributed by atoms with Crippen LogP contribution in [-0.4, -0.2) is 34.8 Å². The SMILES string of the molecule is COc1cc(C(=O)Nc2nnc(-c3ccccn3)s2)cc(Cl)c1OCC(C)C. The van der Waals surface area contributed by atoms with Crippen molar-refractivity contribution in [1.82, 2.24) is 15.2 Å².